The van der Waals surface area contributed by atoms with Crippen LogP contribution in [0.3, 0.4) is 0 Å². The third kappa shape index (κ3) is 2.45. The Hall–Kier alpha value is -1.75. The molecule has 20 heavy (non-hydrogen) atoms. The number of pyridine rings is 1. The lowest BCUT2D eigenvalue weighted by atomic mass is 10.2. The Kier molecular flexibility index (Phi) is 3.53. The maximum Gasteiger partial charge on any atom is 0.339 e. The summed E-state index contributed by atoms with van der Waals surface area (Å²) in [6.45, 7) is 0. The van der Waals surface area contributed by atoms with Gasteiger partial charge in [-0.15, -0.1) is 0 Å². The highest BCUT2D eigenvalue weighted by Gasteiger charge is 2.27. The molecule has 0 unspecified atom stereocenters. The van der Waals surface area contributed by atoms with Crippen molar-refractivity contribution in [1.29, 1.82) is 0 Å². The topological polar surface area (TPSA) is 39.2 Å². The first-order valence-electron chi connectivity index (χ1n) is 6.25. The van der Waals surface area contributed by atoms with E-state index in [1.807, 2.05) is 12.1 Å². The maximum atomic E-state index is 13.0. The van der Waals surface area contributed by atoms with Crippen LogP contribution in [0.15, 0.2) is 41.0 Å². The van der Waals surface area contributed by atoms with E-state index in [9.17, 15) is 9.18 Å². The average Bonchev–Trinajstić information content (AvgIpc) is 2.82. The number of esters is 1. The van der Waals surface area contributed by atoms with Crippen molar-refractivity contribution in [2.24, 2.45) is 0 Å². The van der Waals surface area contributed by atoms with Crippen molar-refractivity contribution in [2.45, 2.75) is 18.9 Å². The zero-order valence-corrected chi connectivity index (χ0v) is 12.1. The van der Waals surface area contributed by atoms with Crippen molar-refractivity contribution in [3.8, 4) is 0 Å². The molecular formula is C15H11BrFNO2. The van der Waals surface area contributed by atoms with Crippen molar-refractivity contribution in [3.05, 3.63) is 63.6 Å². The van der Waals surface area contributed by atoms with E-state index >= 15 is 0 Å². The van der Waals surface area contributed by atoms with Crippen LogP contribution >= 0.6 is 15.9 Å². The average molecular weight is 336 g/mol. The Morgan fingerprint density at radius 1 is 1.40 bits per heavy atom. The number of carbonyl (C=O) groups is 1. The molecule has 1 atom stereocenters. The lowest BCUT2D eigenvalue weighted by Gasteiger charge is -2.13. The van der Waals surface area contributed by atoms with E-state index in [1.54, 1.807) is 6.20 Å². The summed E-state index contributed by atoms with van der Waals surface area (Å²) in [7, 11) is 0. The Morgan fingerprint density at radius 3 is 3.05 bits per heavy atom. The first-order chi connectivity index (χ1) is 9.65. The van der Waals surface area contributed by atoms with E-state index in [-0.39, 0.29) is 6.10 Å². The molecule has 5 heteroatoms. The largest absolute Gasteiger partial charge is 0.452 e. The molecule has 3 nitrogen and oxygen atoms in total. The van der Waals surface area contributed by atoms with Gasteiger partial charge < -0.3 is 4.74 Å². The lowest BCUT2D eigenvalue weighted by Crippen LogP contribution is -2.11. The third-order valence-electron chi connectivity index (χ3n) is 3.31. The maximum absolute atomic E-state index is 13.0. The number of nitrogens with zero attached hydrogens (tertiary/aromatic N) is 1. The summed E-state index contributed by atoms with van der Waals surface area (Å²) in [6.07, 6.45) is 2.96. The predicted molar refractivity (Wildman–Crippen MR) is 74.8 cm³/mol. The fourth-order valence-corrected chi connectivity index (χ4v) is 2.85. The van der Waals surface area contributed by atoms with Crippen LogP contribution in [0, 0.1) is 5.82 Å². The lowest BCUT2D eigenvalue weighted by molar-refractivity contribution is 0.0291. The van der Waals surface area contributed by atoms with Crippen molar-refractivity contribution >= 4 is 21.9 Å². The van der Waals surface area contributed by atoms with E-state index in [0.29, 0.717) is 10.0 Å². The molecule has 0 fully saturated rings. The standard InChI is InChI=1S/C15H11BrFNO2/c16-12-8-10(17)4-5-11(12)15(19)20-13-6-3-9-2-1-7-18-14(9)13/h1-2,4-5,7-8,13H,3,6H2/t13-/m0/s1. The number of rotatable bonds is 2. The molecule has 2 aromatic rings. The van der Waals surface area contributed by atoms with Gasteiger partial charge in [-0.1, -0.05) is 6.07 Å². The predicted octanol–water partition coefficient (Wildman–Crippen LogP) is 3.83. The van der Waals surface area contributed by atoms with E-state index in [2.05, 4.69) is 20.9 Å². The Bertz CT molecular complexity index is 675. The summed E-state index contributed by atoms with van der Waals surface area (Å²) in [5, 5.41) is 0. The minimum atomic E-state index is -0.472. The number of ether oxygens (including phenoxy) is 1. The van der Waals surface area contributed by atoms with Gasteiger partial charge in [0.15, 0.2) is 0 Å². The van der Waals surface area contributed by atoms with Crippen LogP contribution in [0.4, 0.5) is 4.39 Å². The van der Waals surface area contributed by atoms with Crippen LogP contribution in [0.25, 0.3) is 0 Å². The monoisotopic (exact) mass is 335 g/mol. The smallest absolute Gasteiger partial charge is 0.339 e. The van der Waals surface area contributed by atoms with Crippen LogP contribution in [-0.2, 0) is 11.2 Å². The van der Waals surface area contributed by atoms with Gasteiger partial charge in [-0.25, -0.2) is 9.18 Å². The van der Waals surface area contributed by atoms with E-state index in [0.717, 1.165) is 24.1 Å². The normalized spacial score (nSPS) is 16.8. The van der Waals surface area contributed by atoms with Crippen molar-refractivity contribution in [3.63, 3.8) is 0 Å². The highest BCUT2D eigenvalue weighted by atomic mass is 79.9. The molecule has 1 aromatic carbocycles. The molecule has 0 aliphatic heterocycles. The van der Waals surface area contributed by atoms with Gasteiger partial charge in [-0.2, -0.15) is 0 Å². The van der Waals surface area contributed by atoms with E-state index in [4.69, 9.17) is 4.74 Å². The van der Waals surface area contributed by atoms with Gasteiger partial charge in [-0.3, -0.25) is 4.98 Å². The van der Waals surface area contributed by atoms with E-state index in [1.165, 1.54) is 18.2 Å². The first kappa shape index (κ1) is 13.2. The molecule has 0 N–H and O–H groups in total. The highest BCUT2D eigenvalue weighted by molar-refractivity contribution is 9.10. The van der Waals surface area contributed by atoms with Gasteiger partial charge >= 0.3 is 5.97 Å². The highest BCUT2D eigenvalue weighted by Crippen LogP contribution is 2.33. The molecule has 0 radical (unpaired) electrons. The zero-order valence-electron chi connectivity index (χ0n) is 10.5. The molecular weight excluding hydrogens is 325 g/mol. The molecule has 0 amide bonds. The number of benzene rings is 1. The van der Waals surface area contributed by atoms with Crippen LogP contribution in [0.1, 0.15) is 34.1 Å². The minimum Gasteiger partial charge on any atom is -0.452 e. The van der Waals surface area contributed by atoms with Gasteiger partial charge in [0.25, 0.3) is 0 Å². The number of fused-ring (bicyclic) bond motifs is 1. The summed E-state index contributed by atoms with van der Waals surface area (Å²) in [5.74, 6) is -0.873. The van der Waals surface area contributed by atoms with Gasteiger partial charge in [0, 0.05) is 10.7 Å². The van der Waals surface area contributed by atoms with Crippen molar-refractivity contribution < 1.29 is 13.9 Å². The fourth-order valence-electron chi connectivity index (χ4n) is 2.34. The first-order valence-corrected chi connectivity index (χ1v) is 7.04. The number of hydrogen-bond donors (Lipinski definition) is 0. The number of aromatic nitrogens is 1. The fraction of sp³-hybridized carbons (Fsp3) is 0.200. The number of halogens is 2. The second kappa shape index (κ2) is 5.32. The number of aryl methyl sites for hydroxylation is 1. The quantitative estimate of drug-likeness (QED) is 0.783. The number of hydrogen-bond acceptors (Lipinski definition) is 3. The van der Waals surface area contributed by atoms with Gasteiger partial charge in [0.1, 0.15) is 11.9 Å². The summed E-state index contributed by atoms with van der Waals surface area (Å²) in [6, 6.07) is 7.76. The summed E-state index contributed by atoms with van der Waals surface area (Å²) < 4.78 is 18.9. The second-order valence-electron chi connectivity index (χ2n) is 4.60. The molecule has 0 bridgehead atoms. The van der Waals surface area contributed by atoms with Crippen LogP contribution in [0.5, 0.6) is 0 Å². The van der Waals surface area contributed by atoms with Crippen LogP contribution < -0.4 is 0 Å². The van der Waals surface area contributed by atoms with Crippen molar-refractivity contribution in [2.75, 3.05) is 0 Å². The van der Waals surface area contributed by atoms with E-state index < -0.39 is 11.8 Å². The molecule has 102 valence electrons. The van der Waals surface area contributed by atoms with Crippen LogP contribution in [-0.4, -0.2) is 11.0 Å². The van der Waals surface area contributed by atoms with Crippen molar-refractivity contribution in [1.82, 2.24) is 4.98 Å². The molecule has 1 heterocycles. The van der Waals surface area contributed by atoms with Gasteiger partial charge in [0.2, 0.25) is 0 Å². The Labute approximate surface area is 123 Å². The number of carbonyl (C=O) groups excluding carboxylic acids is 1. The molecule has 1 aliphatic carbocycles. The Morgan fingerprint density at radius 2 is 2.25 bits per heavy atom. The summed E-state index contributed by atoms with van der Waals surface area (Å²) >= 11 is 3.17. The zero-order chi connectivity index (χ0) is 14.1. The molecule has 0 spiro atoms. The Balaban J connectivity index is 1.81. The summed E-state index contributed by atoms with van der Waals surface area (Å²) in [5.41, 5.74) is 2.25. The second-order valence-corrected chi connectivity index (χ2v) is 5.46. The summed E-state index contributed by atoms with van der Waals surface area (Å²) in [4.78, 5) is 16.4. The molecule has 0 saturated carbocycles. The van der Waals surface area contributed by atoms with Gasteiger partial charge in [-0.05, 0) is 58.6 Å². The minimum absolute atomic E-state index is 0.316. The van der Waals surface area contributed by atoms with Gasteiger partial charge in [0.05, 0.1) is 11.3 Å². The molecule has 1 aromatic heterocycles. The molecule has 3 rings (SSSR count). The molecule has 1 aliphatic rings. The third-order valence-corrected chi connectivity index (χ3v) is 3.96. The van der Waals surface area contributed by atoms with Crippen LogP contribution in [0.2, 0.25) is 0 Å². The molecule has 0 saturated heterocycles. The SMILES string of the molecule is O=C(O[C@H]1CCc2cccnc21)c1ccc(F)cc1Br.